The van der Waals surface area contributed by atoms with Crippen LogP contribution in [0.1, 0.15) is 54.9 Å². The number of rotatable bonds is 16. The second kappa shape index (κ2) is 16.6. The molecule has 0 aliphatic carbocycles. The first kappa shape index (κ1) is 33.0. The van der Waals surface area contributed by atoms with E-state index in [0.29, 0.717) is 11.5 Å². The van der Waals surface area contributed by atoms with Crippen molar-refractivity contribution in [2.75, 3.05) is 24.7 Å². The van der Waals surface area contributed by atoms with Crippen molar-refractivity contribution in [2.24, 2.45) is 0 Å². The van der Waals surface area contributed by atoms with E-state index in [-0.39, 0.29) is 13.0 Å². The lowest BCUT2D eigenvalue weighted by molar-refractivity contribution is -0.203. The quantitative estimate of drug-likeness (QED) is 0.172. The number of hydrogen-bond donors (Lipinski definition) is 1. The molecular weight excluding hydrogens is 504 g/mol. The van der Waals surface area contributed by atoms with Crippen LogP contribution in [-0.2, 0) is 47.7 Å². The molecule has 13 heteroatoms. The number of thioether (sulfide) groups is 2. The van der Waals surface area contributed by atoms with Crippen LogP contribution in [0.15, 0.2) is 0 Å². The van der Waals surface area contributed by atoms with Gasteiger partial charge >= 0.3 is 29.8 Å². The molecule has 0 aromatic heterocycles. The third-order valence-electron chi connectivity index (χ3n) is 4.31. The Labute approximate surface area is 214 Å². The zero-order chi connectivity index (χ0) is 27.2. The highest BCUT2D eigenvalue weighted by molar-refractivity contribution is 8.18. The largest absolute Gasteiger partial charge is 0.462 e. The fraction of sp³-hybridized carbons (Fsp3) is 0.773. The molecule has 1 N–H and O–H groups in total. The molecular formula is C22H36O11S2. The van der Waals surface area contributed by atoms with Gasteiger partial charge in [0.05, 0.1) is 10.7 Å². The van der Waals surface area contributed by atoms with Crippen LogP contribution in [-0.4, -0.2) is 88.2 Å². The number of aliphatic hydroxyl groups is 1. The monoisotopic (exact) mass is 540 g/mol. The Bertz CT molecular complexity index is 722. The van der Waals surface area contributed by atoms with E-state index < -0.39 is 64.9 Å². The molecule has 35 heavy (non-hydrogen) atoms. The van der Waals surface area contributed by atoms with Crippen LogP contribution in [0.5, 0.6) is 0 Å². The second-order valence-electron chi connectivity index (χ2n) is 7.39. The Balaban J connectivity index is 6.68. The van der Waals surface area contributed by atoms with Gasteiger partial charge in [-0.2, -0.15) is 0 Å². The van der Waals surface area contributed by atoms with Gasteiger partial charge in [-0.3, -0.25) is 24.0 Å². The average molecular weight is 541 g/mol. The molecule has 0 aliphatic rings. The number of esters is 5. The summed E-state index contributed by atoms with van der Waals surface area (Å²) in [5.74, 6) is -2.55. The van der Waals surface area contributed by atoms with Gasteiger partial charge < -0.3 is 28.8 Å². The molecule has 0 spiro atoms. The fourth-order valence-electron chi connectivity index (χ4n) is 3.29. The lowest BCUT2D eigenvalue weighted by Gasteiger charge is -2.39. The van der Waals surface area contributed by atoms with Crippen LogP contribution in [0.2, 0.25) is 0 Å². The minimum Gasteiger partial charge on any atom is -0.462 e. The van der Waals surface area contributed by atoms with E-state index in [1.807, 2.05) is 13.8 Å². The van der Waals surface area contributed by atoms with E-state index in [1.54, 1.807) is 0 Å². The van der Waals surface area contributed by atoms with Crippen LogP contribution in [0, 0.1) is 0 Å². The van der Waals surface area contributed by atoms with Gasteiger partial charge in [0.15, 0.2) is 18.3 Å². The Morgan fingerprint density at radius 2 is 1.09 bits per heavy atom. The zero-order valence-corrected chi connectivity index (χ0v) is 22.8. The first-order valence-corrected chi connectivity index (χ1v) is 13.0. The van der Waals surface area contributed by atoms with Crippen LogP contribution in [0.25, 0.3) is 0 Å². The summed E-state index contributed by atoms with van der Waals surface area (Å²) < 4.78 is 25.7. The smallest absolute Gasteiger partial charge is 0.303 e. The molecule has 0 radical (unpaired) electrons. The molecule has 0 rings (SSSR count). The van der Waals surface area contributed by atoms with Crippen molar-refractivity contribution in [1.29, 1.82) is 0 Å². The standard InChI is InChI=1S/C22H36O11S2/c1-8-34-22(12-23,35-9-2)10-18(30-14(4)25)20(32-16(6)27)21(33-17(7)28)19(31-15(5)26)11-29-13(3)24/h18-21,23H,8-12H2,1-7H3/t18-,19+,20+,21+/m0/s1. The third kappa shape index (κ3) is 13.0. The minimum absolute atomic E-state index is 0.00381. The van der Waals surface area contributed by atoms with Gasteiger partial charge in [0.2, 0.25) is 0 Å². The molecule has 0 heterocycles. The summed E-state index contributed by atoms with van der Waals surface area (Å²) in [6, 6.07) is 0. The number of aliphatic hydroxyl groups excluding tert-OH is 1. The van der Waals surface area contributed by atoms with E-state index in [2.05, 4.69) is 0 Å². The molecule has 0 fully saturated rings. The Morgan fingerprint density at radius 3 is 1.43 bits per heavy atom. The van der Waals surface area contributed by atoms with Gasteiger partial charge in [-0.1, -0.05) is 13.8 Å². The number of hydrogen-bond acceptors (Lipinski definition) is 13. The van der Waals surface area contributed by atoms with Gasteiger partial charge in [-0.05, 0) is 11.5 Å². The Kier molecular flexibility index (Phi) is 15.7. The van der Waals surface area contributed by atoms with Crippen LogP contribution < -0.4 is 0 Å². The predicted octanol–water partition coefficient (Wildman–Crippen LogP) is 1.86. The van der Waals surface area contributed by atoms with E-state index in [4.69, 9.17) is 23.7 Å². The van der Waals surface area contributed by atoms with E-state index in [0.717, 1.165) is 34.6 Å². The Morgan fingerprint density at radius 1 is 0.686 bits per heavy atom. The summed E-state index contributed by atoms with van der Waals surface area (Å²) in [6.45, 7) is 8.56. The SMILES string of the molecule is CCSC(CO)(C[C@H](OC(C)=O)[C@@H](OC(C)=O)[C@H](OC(C)=O)[C@@H](COC(C)=O)OC(C)=O)SCC. The van der Waals surface area contributed by atoms with Gasteiger partial charge in [0, 0.05) is 41.0 Å². The molecule has 0 bridgehead atoms. The van der Waals surface area contributed by atoms with Crippen molar-refractivity contribution in [3.05, 3.63) is 0 Å². The number of ether oxygens (including phenoxy) is 5. The van der Waals surface area contributed by atoms with Crippen molar-refractivity contribution >= 4 is 53.4 Å². The van der Waals surface area contributed by atoms with Gasteiger partial charge in [-0.25, -0.2) is 0 Å². The molecule has 11 nitrogen and oxygen atoms in total. The highest BCUT2D eigenvalue weighted by atomic mass is 32.2. The summed E-state index contributed by atoms with van der Waals surface area (Å²) in [6.07, 6.45) is -5.57. The Hall–Kier alpha value is -1.99. The minimum atomic E-state index is -1.50. The first-order valence-electron chi connectivity index (χ1n) is 11.0. The fourth-order valence-corrected chi connectivity index (χ4v) is 6.13. The lowest BCUT2D eigenvalue weighted by atomic mass is 9.98. The first-order chi connectivity index (χ1) is 16.3. The van der Waals surface area contributed by atoms with E-state index in [9.17, 15) is 29.1 Å². The molecule has 0 saturated carbocycles. The normalized spacial score (nSPS) is 14.6. The molecule has 202 valence electrons. The lowest BCUT2D eigenvalue weighted by Crippen LogP contribution is -2.54. The predicted molar refractivity (Wildman–Crippen MR) is 130 cm³/mol. The maximum atomic E-state index is 12.1. The highest BCUT2D eigenvalue weighted by Gasteiger charge is 2.47. The molecule has 0 aromatic rings. The molecule has 0 amide bonds. The summed E-state index contributed by atoms with van der Waals surface area (Å²) >= 11 is 2.84. The van der Waals surface area contributed by atoms with Crippen molar-refractivity contribution in [2.45, 2.75) is 83.4 Å². The van der Waals surface area contributed by atoms with Crippen molar-refractivity contribution in [3.63, 3.8) is 0 Å². The summed E-state index contributed by atoms with van der Waals surface area (Å²) in [5.41, 5.74) is 0. The van der Waals surface area contributed by atoms with E-state index >= 15 is 0 Å². The van der Waals surface area contributed by atoms with Crippen molar-refractivity contribution in [3.8, 4) is 0 Å². The zero-order valence-electron chi connectivity index (χ0n) is 21.2. The van der Waals surface area contributed by atoms with Gasteiger partial charge in [0.25, 0.3) is 0 Å². The topological polar surface area (TPSA) is 152 Å². The van der Waals surface area contributed by atoms with Crippen LogP contribution in [0.4, 0.5) is 0 Å². The molecule has 0 saturated heterocycles. The summed E-state index contributed by atoms with van der Waals surface area (Å²) in [5, 5.41) is 10.2. The van der Waals surface area contributed by atoms with Crippen LogP contribution in [0.3, 0.4) is 0 Å². The average Bonchev–Trinajstić information content (AvgIpc) is 2.72. The maximum Gasteiger partial charge on any atom is 0.303 e. The molecule has 0 aromatic carbocycles. The maximum absolute atomic E-state index is 12.1. The number of carbonyl (C=O) groups is 5. The highest BCUT2D eigenvalue weighted by Crippen LogP contribution is 2.42. The van der Waals surface area contributed by atoms with Gasteiger partial charge in [0.1, 0.15) is 12.7 Å². The van der Waals surface area contributed by atoms with E-state index in [1.165, 1.54) is 23.5 Å². The third-order valence-corrected chi connectivity index (χ3v) is 7.24. The van der Waals surface area contributed by atoms with Crippen LogP contribution >= 0.6 is 23.5 Å². The summed E-state index contributed by atoms with van der Waals surface area (Å²) in [7, 11) is 0. The van der Waals surface area contributed by atoms with Gasteiger partial charge in [-0.15, -0.1) is 23.5 Å². The van der Waals surface area contributed by atoms with Crippen molar-refractivity contribution in [1.82, 2.24) is 0 Å². The molecule has 0 aliphatic heterocycles. The number of carbonyl (C=O) groups excluding carboxylic acids is 5. The molecule has 4 atom stereocenters. The van der Waals surface area contributed by atoms with Crippen molar-refractivity contribution < 1.29 is 52.8 Å². The summed E-state index contributed by atoms with van der Waals surface area (Å²) in [4.78, 5) is 59.3. The molecule has 0 unspecified atom stereocenters. The second-order valence-corrected chi connectivity index (χ2v) is 10.9.